The molecule has 0 saturated heterocycles. The summed E-state index contributed by atoms with van der Waals surface area (Å²) in [5.41, 5.74) is 1.71. The molecule has 0 bridgehead atoms. The zero-order valence-electron chi connectivity index (χ0n) is 14.2. The number of thiazole rings is 1. The van der Waals surface area contributed by atoms with Crippen molar-refractivity contribution < 1.29 is 9.53 Å². The molecule has 3 rings (SSSR count). The summed E-state index contributed by atoms with van der Waals surface area (Å²) in [6.07, 6.45) is 3.70. The maximum absolute atomic E-state index is 12.2. The summed E-state index contributed by atoms with van der Waals surface area (Å²) in [5.74, 6) is 0.658. The lowest BCUT2D eigenvalue weighted by Crippen LogP contribution is -2.28. The smallest absolute Gasteiger partial charge is 0.226 e. The van der Waals surface area contributed by atoms with Crippen molar-refractivity contribution in [1.29, 1.82) is 0 Å². The van der Waals surface area contributed by atoms with Gasteiger partial charge in [-0.3, -0.25) is 9.78 Å². The number of ether oxygens (including phenoxy) is 1. The van der Waals surface area contributed by atoms with E-state index in [4.69, 9.17) is 16.3 Å². The number of carbonyl (C=O) groups excluding carboxylic acids is 1. The fourth-order valence-electron chi connectivity index (χ4n) is 2.34. The Morgan fingerprint density at radius 1 is 1.31 bits per heavy atom. The minimum Gasteiger partial charge on any atom is -0.486 e. The van der Waals surface area contributed by atoms with Crippen molar-refractivity contribution in [3.8, 4) is 5.75 Å². The average molecular weight is 388 g/mol. The first-order valence-electron chi connectivity index (χ1n) is 8.11. The summed E-state index contributed by atoms with van der Waals surface area (Å²) < 4.78 is 5.67. The van der Waals surface area contributed by atoms with Crippen LogP contribution in [-0.4, -0.2) is 15.9 Å². The maximum atomic E-state index is 12.2. The first kappa shape index (κ1) is 18.4. The number of carbonyl (C=O) groups is 1. The minimum atomic E-state index is -0.0949. The van der Waals surface area contributed by atoms with Crippen LogP contribution in [-0.2, 0) is 17.8 Å². The van der Waals surface area contributed by atoms with Crippen LogP contribution in [0, 0.1) is 0 Å². The predicted octanol–water partition coefficient (Wildman–Crippen LogP) is 4.19. The number of nitrogens with zero attached hydrogens (tertiary/aromatic N) is 2. The Labute approximate surface area is 161 Å². The molecule has 2 aromatic heterocycles. The van der Waals surface area contributed by atoms with Gasteiger partial charge >= 0.3 is 0 Å². The van der Waals surface area contributed by atoms with Gasteiger partial charge in [0, 0.05) is 22.8 Å². The highest BCUT2D eigenvalue weighted by Crippen LogP contribution is 2.18. The number of aromatic nitrogens is 2. The van der Waals surface area contributed by atoms with Crippen LogP contribution in [0.25, 0.3) is 0 Å². The summed E-state index contributed by atoms with van der Waals surface area (Å²) in [7, 11) is 0. The van der Waals surface area contributed by atoms with Gasteiger partial charge in [0.25, 0.3) is 0 Å². The highest BCUT2D eigenvalue weighted by atomic mass is 35.5. The molecule has 0 aliphatic carbocycles. The third kappa shape index (κ3) is 5.28. The molecule has 26 heavy (non-hydrogen) atoms. The third-order valence-electron chi connectivity index (χ3n) is 3.68. The number of pyridine rings is 1. The van der Waals surface area contributed by atoms with Crippen molar-refractivity contribution in [1.82, 2.24) is 15.3 Å². The maximum Gasteiger partial charge on any atom is 0.226 e. The number of amides is 1. The van der Waals surface area contributed by atoms with E-state index in [0.717, 1.165) is 22.0 Å². The van der Waals surface area contributed by atoms with Gasteiger partial charge in [-0.25, -0.2) is 4.98 Å². The Hall–Kier alpha value is -2.44. The fraction of sp³-hybridized carbons (Fsp3) is 0.211. The molecule has 134 valence electrons. The van der Waals surface area contributed by atoms with Gasteiger partial charge in [-0.1, -0.05) is 17.7 Å². The second-order valence-corrected chi connectivity index (χ2v) is 7.11. The zero-order valence-corrected chi connectivity index (χ0v) is 15.8. The molecule has 0 saturated carbocycles. The zero-order chi connectivity index (χ0) is 18.4. The molecular formula is C19H18ClN3O2S. The number of hydrogen-bond acceptors (Lipinski definition) is 5. The number of hydrogen-bond donors (Lipinski definition) is 1. The van der Waals surface area contributed by atoms with Crippen molar-refractivity contribution in [3.05, 3.63) is 75.5 Å². The molecule has 5 nitrogen and oxygen atoms in total. The van der Waals surface area contributed by atoms with Crippen molar-refractivity contribution in [2.45, 2.75) is 26.0 Å². The van der Waals surface area contributed by atoms with Gasteiger partial charge < -0.3 is 10.1 Å². The molecule has 7 heteroatoms. The van der Waals surface area contributed by atoms with Crippen molar-refractivity contribution in [2.24, 2.45) is 0 Å². The van der Waals surface area contributed by atoms with Crippen molar-refractivity contribution >= 4 is 28.8 Å². The van der Waals surface area contributed by atoms with Crippen molar-refractivity contribution in [2.75, 3.05) is 0 Å². The topological polar surface area (TPSA) is 64.1 Å². The van der Waals surface area contributed by atoms with E-state index in [9.17, 15) is 4.79 Å². The van der Waals surface area contributed by atoms with E-state index in [2.05, 4.69) is 15.3 Å². The first-order chi connectivity index (χ1) is 12.6. The largest absolute Gasteiger partial charge is 0.486 e. The second kappa shape index (κ2) is 8.78. The summed E-state index contributed by atoms with van der Waals surface area (Å²) in [5, 5.41) is 6.33. The molecule has 0 aliphatic heterocycles. The molecule has 1 unspecified atom stereocenters. The van der Waals surface area contributed by atoms with Gasteiger partial charge in [-0.15, -0.1) is 11.3 Å². The van der Waals surface area contributed by atoms with Gasteiger partial charge in [0.15, 0.2) is 0 Å². The van der Waals surface area contributed by atoms with E-state index >= 15 is 0 Å². The lowest BCUT2D eigenvalue weighted by molar-refractivity contribution is -0.121. The summed E-state index contributed by atoms with van der Waals surface area (Å²) >= 11 is 7.33. The van der Waals surface area contributed by atoms with Gasteiger partial charge in [-0.05, 0) is 42.8 Å². The van der Waals surface area contributed by atoms with Gasteiger partial charge in [0.05, 0.1) is 18.2 Å². The van der Waals surface area contributed by atoms with Gasteiger partial charge in [0.1, 0.15) is 17.4 Å². The van der Waals surface area contributed by atoms with Crippen LogP contribution in [0.15, 0.2) is 54.2 Å². The van der Waals surface area contributed by atoms with Crippen LogP contribution in [0.4, 0.5) is 0 Å². The predicted molar refractivity (Wildman–Crippen MR) is 102 cm³/mol. The summed E-state index contributed by atoms with van der Waals surface area (Å²) in [4.78, 5) is 20.7. The Bertz CT molecular complexity index is 853. The summed E-state index contributed by atoms with van der Waals surface area (Å²) in [6.45, 7) is 2.29. The SMILES string of the molecule is CC(NC(=O)Cc1csc(COc2ccc(Cl)cc2)n1)c1cccnc1. The number of halogens is 1. The average Bonchev–Trinajstić information content (AvgIpc) is 3.09. The molecule has 1 amide bonds. The standard InChI is InChI=1S/C19H18ClN3O2S/c1-13(14-3-2-8-21-10-14)22-18(24)9-16-12-26-19(23-16)11-25-17-6-4-15(20)5-7-17/h2-8,10,12-13H,9,11H2,1H3,(H,22,24). The van der Waals surface area contributed by atoms with Crippen LogP contribution in [0.1, 0.15) is 29.2 Å². The van der Waals surface area contributed by atoms with E-state index in [1.165, 1.54) is 11.3 Å². The number of rotatable bonds is 7. The quantitative estimate of drug-likeness (QED) is 0.660. The van der Waals surface area contributed by atoms with E-state index in [0.29, 0.717) is 11.6 Å². The molecule has 0 aliphatic rings. The molecule has 1 N–H and O–H groups in total. The Morgan fingerprint density at radius 2 is 2.12 bits per heavy atom. The Morgan fingerprint density at radius 3 is 2.85 bits per heavy atom. The van der Waals surface area contributed by atoms with Gasteiger partial charge in [-0.2, -0.15) is 0 Å². The molecule has 1 atom stereocenters. The Kier molecular flexibility index (Phi) is 6.20. The number of benzene rings is 1. The highest BCUT2D eigenvalue weighted by molar-refractivity contribution is 7.09. The van der Waals surface area contributed by atoms with Crippen LogP contribution in [0.2, 0.25) is 5.02 Å². The molecular weight excluding hydrogens is 370 g/mol. The van der Waals surface area contributed by atoms with Gasteiger partial charge in [0.2, 0.25) is 5.91 Å². The third-order valence-corrected chi connectivity index (χ3v) is 4.80. The lowest BCUT2D eigenvalue weighted by Gasteiger charge is -2.13. The van der Waals surface area contributed by atoms with E-state index in [1.54, 1.807) is 24.5 Å². The molecule has 1 aromatic carbocycles. The van der Waals surface area contributed by atoms with E-state index in [1.807, 2.05) is 36.6 Å². The van der Waals surface area contributed by atoms with E-state index < -0.39 is 0 Å². The van der Waals surface area contributed by atoms with E-state index in [-0.39, 0.29) is 18.4 Å². The van der Waals surface area contributed by atoms with Crippen molar-refractivity contribution in [3.63, 3.8) is 0 Å². The summed E-state index contributed by atoms with van der Waals surface area (Å²) in [6, 6.07) is 10.9. The normalized spacial score (nSPS) is 11.8. The lowest BCUT2D eigenvalue weighted by atomic mass is 10.1. The molecule has 3 aromatic rings. The van der Waals surface area contributed by atoms with Crippen LogP contribution >= 0.6 is 22.9 Å². The molecule has 0 radical (unpaired) electrons. The van der Waals surface area contributed by atoms with Crippen LogP contribution in [0.5, 0.6) is 5.75 Å². The monoisotopic (exact) mass is 387 g/mol. The first-order valence-corrected chi connectivity index (χ1v) is 9.37. The molecule has 2 heterocycles. The number of nitrogens with one attached hydrogen (secondary N) is 1. The fourth-order valence-corrected chi connectivity index (χ4v) is 3.18. The Balaban J connectivity index is 1.49. The van der Waals surface area contributed by atoms with Crippen LogP contribution < -0.4 is 10.1 Å². The molecule has 0 spiro atoms. The minimum absolute atomic E-state index is 0.0724. The second-order valence-electron chi connectivity index (χ2n) is 5.73. The van der Waals surface area contributed by atoms with Crippen LogP contribution in [0.3, 0.4) is 0 Å². The highest BCUT2D eigenvalue weighted by Gasteiger charge is 2.12. The molecule has 0 fully saturated rings.